The van der Waals surface area contributed by atoms with Crippen LogP contribution in [0.1, 0.15) is 27.5 Å². The van der Waals surface area contributed by atoms with Gasteiger partial charge in [0.1, 0.15) is 5.75 Å². The number of rotatable bonds is 4. The van der Waals surface area contributed by atoms with E-state index in [9.17, 15) is 9.90 Å². The van der Waals surface area contributed by atoms with Crippen molar-refractivity contribution in [1.82, 2.24) is 5.32 Å². The quantitative estimate of drug-likeness (QED) is 0.470. The number of phenolic OH excluding ortho intramolecular Hbond substituents is 1. The molecule has 0 fully saturated rings. The predicted molar refractivity (Wildman–Crippen MR) is 113 cm³/mol. The maximum absolute atomic E-state index is 12.9. The van der Waals surface area contributed by atoms with Gasteiger partial charge in [0.25, 0.3) is 5.91 Å². The Bertz CT molecular complexity index is 1120. The molecular formula is C24H18ClNO2. The van der Waals surface area contributed by atoms with Crippen LogP contribution in [0.2, 0.25) is 5.02 Å². The van der Waals surface area contributed by atoms with Crippen molar-refractivity contribution in [2.45, 2.75) is 6.04 Å². The number of carbonyl (C=O) groups is 1. The van der Waals surface area contributed by atoms with E-state index in [2.05, 4.69) is 5.32 Å². The van der Waals surface area contributed by atoms with Gasteiger partial charge in [-0.05, 0) is 46.7 Å². The van der Waals surface area contributed by atoms with Crippen LogP contribution in [0.3, 0.4) is 0 Å². The highest BCUT2D eigenvalue weighted by Crippen LogP contribution is 2.36. The van der Waals surface area contributed by atoms with Gasteiger partial charge in [-0.15, -0.1) is 0 Å². The van der Waals surface area contributed by atoms with Gasteiger partial charge in [0.15, 0.2) is 0 Å². The fraction of sp³-hybridized carbons (Fsp3) is 0.0417. The van der Waals surface area contributed by atoms with E-state index in [0.29, 0.717) is 16.1 Å². The van der Waals surface area contributed by atoms with Crippen molar-refractivity contribution in [3.63, 3.8) is 0 Å². The zero-order valence-corrected chi connectivity index (χ0v) is 15.7. The van der Waals surface area contributed by atoms with Gasteiger partial charge in [0.05, 0.1) is 6.04 Å². The minimum absolute atomic E-state index is 0.143. The van der Waals surface area contributed by atoms with Gasteiger partial charge in [-0.25, -0.2) is 0 Å². The molecule has 138 valence electrons. The lowest BCUT2D eigenvalue weighted by Crippen LogP contribution is -2.29. The van der Waals surface area contributed by atoms with Gasteiger partial charge in [-0.3, -0.25) is 4.79 Å². The molecule has 1 atom stereocenters. The van der Waals surface area contributed by atoms with Gasteiger partial charge in [-0.1, -0.05) is 72.3 Å². The first-order valence-corrected chi connectivity index (χ1v) is 9.33. The Hall–Kier alpha value is -3.30. The molecule has 0 aliphatic carbocycles. The third-order valence-corrected chi connectivity index (χ3v) is 5.00. The van der Waals surface area contributed by atoms with Crippen LogP contribution in [0, 0.1) is 0 Å². The Morgan fingerprint density at radius 3 is 2.25 bits per heavy atom. The summed E-state index contributed by atoms with van der Waals surface area (Å²) in [4.78, 5) is 12.9. The Balaban J connectivity index is 1.83. The summed E-state index contributed by atoms with van der Waals surface area (Å²) in [6.45, 7) is 0. The molecule has 28 heavy (non-hydrogen) atoms. The molecule has 0 aliphatic rings. The molecule has 4 heteroatoms. The molecule has 0 saturated carbocycles. The maximum Gasteiger partial charge on any atom is 0.252 e. The molecule has 0 heterocycles. The summed E-state index contributed by atoms with van der Waals surface area (Å²) in [6.07, 6.45) is 0. The molecule has 1 amide bonds. The summed E-state index contributed by atoms with van der Waals surface area (Å²) in [6, 6.07) is 27.2. The molecule has 0 aliphatic heterocycles. The van der Waals surface area contributed by atoms with Crippen LogP contribution in [0.25, 0.3) is 10.8 Å². The van der Waals surface area contributed by atoms with Crippen molar-refractivity contribution in [2.75, 3.05) is 0 Å². The molecule has 2 N–H and O–H groups in total. The van der Waals surface area contributed by atoms with E-state index in [1.807, 2.05) is 60.7 Å². The zero-order chi connectivity index (χ0) is 19.5. The second kappa shape index (κ2) is 7.75. The number of halogens is 1. The second-order valence-corrected chi connectivity index (χ2v) is 6.98. The predicted octanol–water partition coefficient (Wildman–Crippen LogP) is 5.72. The van der Waals surface area contributed by atoms with Crippen molar-refractivity contribution in [2.24, 2.45) is 0 Å². The van der Waals surface area contributed by atoms with Crippen LogP contribution in [-0.2, 0) is 0 Å². The molecule has 4 aromatic carbocycles. The van der Waals surface area contributed by atoms with Crippen molar-refractivity contribution < 1.29 is 9.90 Å². The molecule has 0 saturated heterocycles. The average molecular weight is 388 g/mol. The number of fused-ring (bicyclic) bond motifs is 1. The number of aromatic hydroxyl groups is 1. The first-order valence-electron chi connectivity index (χ1n) is 8.95. The number of phenols is 1. The van der Waals surface area contributed by atoms with Gasteiger partial charge in [0.2, 0.25) is 0 Å². The Morgan fingerprint density at radius 2 is 1.50 bits per heavy atom. The largest absolute Gasteiger partial charge is 0.508 e. The van der Waals surface area contributed by atoms with Crippen molar-refractivity contribution in [1.29, 1.82) is 0 Å². The van der Waals surface area contributed by atoms with Crippen LogP contribution in [0.15, 0.2) is 91.0 Å². The summed E-state index contributed by atoms with van der Waals surface area (Å²) in [5, 5.41) is 16.2. The number of hydrogen-bond acceptors (Lipinski definition) is 2. The van der Waals surface area contributed by atoms with E-state index in [0.717, 1.165) is 16.3 Å². The normalized spacial score (nSPS) is 11.9. The fourth-order valence-electron chi connectivity index (χ4n) is 3.37. The lowest BCUT2D eigenvalue weighted by atomic mass is 9.92. The van der Waals surface area contributed by atoms with Gasteiger partial charge >= 0.3 is 0 Å². The van der Waals surface area contributed by atoms with Gasteiger partial charge in [0, 0.05) is 16.1 Å². The maximum atomic E-state index is 12.9. The molecule has 0 bridgehead atoms. The summed E-state index contributed by atoms with van der Waals surface area (Å²) in [5.74, 6) is -0.0955. The second-order valence-electron chi connectivity index (χ2n) is 6.54. The highest BCUT2D eigenvalue weighted by Gasteiger charge is 2.23. The van der Waals surface area contributed by atoms with E-state index in [4.69, 9.17) is 11.6 Å². The summed E-state index contributed by atoms with van der Waals surface area (Å²) in [7, 11) is 0. The minimum Gasteiger partial charge on any atom is -0.508 e. The smallest absolute Gasteiger partial charge is 0.252 e. The molecule has 1 unspecified atom stereocenters. The first-order chi connectivity index (χ1) is 13.6. The molecule has 0 spiro atoms. The third kappa shape index (κ3) is 3.57. The third-order valence-electron chi connectivity index (χ3n) is 4.75. The molecular weight excluding hydrogens is 370 g/mol. The topological polar surface area (TPSA) is 49.3 Å². The fourth-order valence-corrected chi connectivity index (χ4v) is 3.50. The SMILES string of the molecule is O=C(NC(c1ccccc1)c1c(O)ccc2ccccc12)c1ccc(Cl)cc1. The Morgan fingerprint density at radius 1 is 0.821 bits per heavy atom. The van der Waals surface area contributed by atoms with Crippen LogP contribution in [-0.4, -0.2) is 11.0 Å². The average Bonchev–Trinajstić information content (AvgIpc) is 2.73. The van der Waals surface area contributed by atoms with Crippen LogP contribution >= 0.6 is 11.6 Å². The van der Waals surface area contributed by atoms with Crippen molar-refractivity contribution in [3.05, 3.63) is 113 Å². The van der Waals surface area contributed by atoms with Crippen LogP contribution in [0.4, 0.5) is 0 Å². The van der Waals surface area contributed by atoms with Gasteiger partial charge in [-0.2, -0.15) is 0 Å². The molecule has 3 nitrogen and oxygen atoms in total. The monoisotopic (exact) mass is 387 g/mol. The van der Waals surface area contributed by atoms with Crippen LogP contribution < -0.4 is 5.32 Å². The summed E-state index contributed by atoms with van der Waals surface area (Å²) < 4.78 is 0. The minimum atomic E-state index is -0.504. The number of hydrogen-bond donors (Lipinski definition) is 2. The lowest BCUT2D eigenvalue weighted by Gasteiger charge is -2.22. The van der Waals surface area contributed by atoms with E-state index in [-0.39, 0.29) is 11.7 Å². The van der Waals surface area contributed by atoms with Gasteiger partial charge < -0.3 is 10.4 Å². The molecule has 0 radical (unpaired) electrons. The first kappa shape index (κ1) is 18.1. The van der Waals surface area contributed by atoms with E-state index >= 15 is 0 Å². The van der Waals surface area contributed by atoms with E-state index in [1.54, 1.807) is 30.3 Å². The molecule has 4 aromatic rings. The Kier molecular flexibility index (Phi) is 5.00. The Labute approximate surface area is 168 Å². The van der Waals surface area contributed by atoms with Crippen molar-refractivity contribution in [3.8, 4) is 5.75 Å². The molecule has 4 rings (SSSR count). The van der Waals surface area contributed by atoms with E-state index < -0.39 is 6.04 Å². The summed E-state index contributed by atoms with van der Waals surface area (Å²) in [5.41, 5.74) is 2.06. The summed E-state index contributed by atoms with van der Waals surface area (Å²) >= 11 is 5.94. The number of carbonyl (C=O) groups excluding carboxylic acids is 1. The van der Waals surface area contributed by atoms with Crippen molar-refractivity contribution >= 4 is 28.3 Å². The number of benzene rings is 4. The lowest BCUT2D eigenvalue weighted by molar-refractivity contribution is 0.0943. The standard InChI is InChI=1S/C24H18ClNO2/c25-19-13-10-18(11-14-19)24(28)26-23(17-7-2-1-3-8-17)22-20-9-5-4-6-16(20)12-15-21(22)27/h1-15,23,27H,(H,26,28). The number of nitrogens with one attached hydrogen (secondary N) is 1. The number of amides is 1. The van der Waals surface area contributed by atoms with E-state index in [1.165, 1.54) is 0 Å². The highest BCUT2D eigenvalue weighted by molar-refractivity contribution is 6.30. The highest BCUT2D eigenvalue weighted by atomic mass is 35.5. The molecule has 0 aromatic heterocycles. The van der Waals surface area contributed by atoms with Crippen LogP contribution in [0.5, 0.6) is 5.75 Å². The zero-order valence-electron chi connectivity index (χ0n) is 15.0.